The largest absolute Gasteiger partial charge is 0.319 e. The zero-order valence-electron chi connectivity index (χ0n) is 13.3. The number of hydrogen-bond donors (Lipinski definition) is 3. The highest BCUT2D eigenvalue weighted by Gasteiger charge is 2.12. The van der Waals surface area contributed by atoms with Gasteiger partial charge in [0.25, 0.3) is 5.91 Å². The van der Waals surface area contributed by atoms with E-state index in [-0.39, 0.29) is 21.9 Å². The summed E-state index contributed by atoms with van der Waals surface area (Å²) in [6.07, 6.45) is 4.13. The fraction of sp³-hybridized carbons (Fsp3) is 0. The maximum Gasteiger partial charge on any atom is 0.255 e. The second-order valence-electron chi connectivity index (χ2n) is 5.37. The summed E-state index contributed by atoms with van der Waals surface area (Å²) < 4.78 is 14.6. The molecule has 0 atom stereocenters. The number of benzene rings is 1. The average molecular weight is 370 g/mol. The van der Waals surface area contributed by atoms with Crippen LogP contribution in [0.2, 0.25) is 5.15 Å². The van der Waals surface area contributed by atoms with Crippen LogP contribution in [0, 0.1) is 16.6 Å². The van der Waals surface area contributed by atoms with E-state index in [0.717, 1.165) is 12.4 Å². The van der Waals surface area contributed by atoms with Crippen molar-refractivity contribution in [2.75, 3.05) is 5.32 Å². The van der Waals surface area contributed by atoms with Crippen LogP contribution in [-0.4, -0.2) is 21.8 Å². The van der Waals surface area contributed by atoms with Gasteiger partial charge in [-0.3, -0.25) is 20.2 Å². The van der Waals surface area contributed by atoms with E-state index in [2.05, 4.69) is 10.3 Å². The van der Waals surface area contributed by atoms with Crippen LogP contribution in [-0.2, 0) is 0 Å². The average Bonchev–Trinajstić information content (AvgIpc) is 2.64. The lowest BCUT2D eigenvalue weighted by molar-refractivity contribution is 0.102. The van der Waals surface area contributed by atoms with E-state index in [9.17, 15) is 9.18 Å². The number of pyridine rings is 2. The summed E-state index contributed by atoms with van der Waals surface area (Å²) in [6.45, 7) is 0. The van der Waals surface area contributed by atoms with Gasteiger partial charge in [-0.1, -0.05) is 17.7 Å². The molecule has 0 spiro atoms. The van der Waals surface area contributed by atoms with Gasteiger partial charge >= 0.3 is 0 Å². The van der Waals surface area contributed by atoms with Crippen LogP contribution < -0.4 is 10.8 Å². The van der Waals surface area contributed by atoms with Crippen LogP contribution in [0.5, 0.6) is 0 Å². The number of halogens is 2. The van der Waals surface area contributed by atoms with E-state index in [1.54, 1.807) is 24.4 Å². The van der Waals surface area contributed by atoms with Gasteiger partial charge in [0, 0.05) is 29.1 Å². The van der Waals surface area contributed by atoms with Crippen LogP contribution in [0.15, 0.2) is 54.9 Å². The van der Waals surface area contributed by atoms with Crippen molar-refractivity contribution in [2.24, 2.45) is 0 Å². The molecule has 8 heteroatoms. The van der Waals surface area contributed by atoms with E-state index < -0.39 is 11.7 Å². The summed E-state index contributed by atoms with van der Waals surface area (Å²) in [6, 6.07) is 10.2. The molecule has 1 aromatic carbocycles. The molecule has 0 radical (unpaired) electrons. The molecular weight excluding hydrogens is 357 g/mol. The van der Waals surface area contributed by atoms with Gasteiger partial charge in [-0.2, -0.15) is 0 Å². The highest BCUT2D eigenvalue weighted by atomic mass is 35.5. The quantitative estimate of drug-likeness (QED) is 0.372. The van der Waals surface area contributed by atoms with Gasteiger partial charge < -0.3 is 5.32 Å². The minimum atomic E-state index is -0.513. The summed E-state index contributed by atoms with van der Waals surface area (Å²) >= 11 is 6.06. The molecule has 0 saturated carbocycles. The van der Waals surface area contributed by atoms with Crippen LogP contribution in [0.4, 0.5) is 10.1 Å². The number of aromatic nitrogens is 2. The van der Waals surface area contributed by atoms with Crippen molar-refractivity contribution in [1.29, 1.82) is 10.8 Å². The highest BCUT2D eigenvalue weighted by molar-refractivity contribution is 6.32. The third-order valence-electron chi connectivity index (χ3n) is 3.62. The Balaban J connectivity index is 1.94. The summed E-state index contributed by atoms with van der Waals surface area (Å²) in [5.41, 5.74) is 1.92. The molecule has 2 heterocycles. The van der Waals surface area contributed by atoms with E-state index in [4.69, 9.17) is 22.4 Å². The third kappa shape index (κ3) is 3.68. The van der Waals surface area contributed by atoms with Crippen molar-refractivity contribution < 1.29 is 9.18 Å². The first-order chi connectivity index (χ1) is 12.5. The number of rotatable bonds is 4. The Hall–Kier alpha value is -3.32. The Morgan fingerprint density at radius 3 is 2.77 bits per heavy atom. The number of anilines is 1. The Morgan fingerprint density at radius 2 is 2.04 bits per heavy atom. The molecule has 1 amide bonds. The molecule has 0 saturated heterocycles. The Bertz CT molecular complexity index is 1060. The topological polar surface area (TPSA) is 94.6 Å². The minimum Gasteiger partial charge on any atom is -0.319 e. The molecule has 0 fully saturated rings. The van der Waals surface area contributed by atoms with Gasteiger partial charge in [0.15, 0.2) is 5.15 Å². The minimum absolute atomic E-state index is 0.0931. The van der Waals surface area contributed by atoms with Crippen molar-refractivity contribution in [3.63, 3.8) is 0 Å². The molecular formula is C18H13ClFN5O. The normalized spacial score (nSPS) is 10.4. The third-order valence-corrected chi connectivity index (χ3v) is 3.92. The van der Waals surface area contributed by atoms with Gasteiger partial charge in [0.05, 0.1) is 12.0 Å². The zero-order chi connectivity index (χ0) is 18.7. The van der Waals surface area contributed by atoms with Crippen LogP contribution in [0.25, 0.3) is 11.1 Å². The zero-order valence-corrected chi connectivity index (χ0v) is 14.1. The number of carbonyl (C=O) groups is 1. The summed E-state index contributed by atoms with van der Waals surface area (Å²) in [5.74, 6) is -1.02. The molecule has 26 heavy (non-hydrogen) atoms. The Morgan fingerprint density at radius 1 is 1.23 bits per heavy atom. The number of nitrogens with zero attached hydrogens (tertiary/aromatic N) is 2. The van der Waals surface area contributed by atoms with Crippen molar-refractivity contribution in [3.8, 4) is 11.1 Å². The van der Waals surface area contributed by atoms with Crippen LogP contribution in [0.1, 0.15) is 10.4 Å². The summed E-state index contributed by atoms with van der Waals surface area (Å²) in [4.78, 5) is 16.3. The van der Waals surface area contributed by atoms with Gasteiger partial charge in [0.2, 0.25) is 0 Å². The predicted octanol–water partition coefficient (Wildman–Crippen LogP) is 3.53. The van der Waals surface area contributed by atoms with Gasteiger partial charge in [-0.15, -0.1) is 0 Å². The second kappa shape index (κ2) is 7.28. The molecule has 2 aromatic heterocycles. The Kier molecular flexibility index (Phi) is 4.90. The highest BCUT2D eigenvalue weighted by Crippen LogP contribution is 2.26. The molecule has 130 valence electrons. The van der Waals surface area contributed by atoms with Crippen molar-refractivity contribution in [3.05, 3.63) is 76.9 Å². The molecule has 3 N–H and O–H groups in total. The van der Waals surface area contributed by atoms with Crippen molar-refractivity contribution in [2.45, 2.75) is 0 Å². The SMILES string of the molecule is N=Cn1cc(-c2cnc(Cl)c(NC(=O)c3cccc(F)c3)c2)ccc1=N. The first-order valence-electron chi connectivity index (χ1n) is 7.48. The maximum absolute atomic E-state index is 13.3. The molecule has 3 rings (SSSR count). The molecule has 0 bridgehead atoms. The summed E-state index contributed by atoms with van der Waals surface area (Å²) in [7, 11) is 0. The lowest BCUT2D eigenvalue weighted by atomic mass is 10.1. The predicted molar refractivity (Wildman–Crippen MR) is 97.1 cm³/mol. The van der Waals surface area contributed by atoms with Gasteiger partial charge in [-0.25, -0.2) is 9.37 Å². The van der Waals surface area contributed by atoms with Gasteiger partial charge in [-0.05, 0) is 36.4 Å². The smallest absolute Gasteiger partial charge is 0.255 e. The lowest BCUT2D eigenvalue weighted by Gasteiger charge is -2.10. The number of carbonyl (C=O) groups excluding carboxylic acids is 1. The number of nitrogens with one attached hydrogen (secondary N) is 3. The molecule has 0 aliphatic carbocycles. The fourth-order valence-corrected chi connectivity index (χ4v) is 2.46. The van der Waals surface area contributed by atoms with Crippen molar-refractivity contribution >= 4 is 29.5 Å². The molecule has 6 nitrogen and oxygen atoms in total. The van der Waals surface area contributed by atoms with Crippen LogP contribution >= 0.6 is 11.6 Å². The number of amides is 1. The van der Waals surface area contributed by atoms with Crippen molar-refractivity contribution in [1.82, 2.24) is 9.55 Å². The standard InChI is InChI=1S/C18H13ClFN5O/c19-17-15(24-18(26)11-2-1-3-14(20)6-11)7-13(8-23-17)12-4-5-16(22)25(9-12)10-21/h1-10,21-22H,(H,24,26). The van der Waals surface area contributed by atoms with E-state index in [0.29, 0.717) is 11.1 Å². The summed E-state index contributed by atoms with van der Waals surface area (Å²) in [5, 5.41) is 17.7. The molecule has 0 aliphatic heterocycles. The first-order valence-corrected chi connectivity index (χ1v) is 7.86. The van der Waals surface area contributed by atoms with E-state index in [1.807, 2.05) is 0 Å². The lowest BCUT2D eigenvalue weighted by Crippen LogP contribution is -2.17. The monoisotopic (exact) mass is 369 g/mol. The number of hydrogen-bond acceptors (Lipinski definition) is 4. The first kappa shape index (κ1) is 17.5. The Labute approximate surface area is 152 Å². The van der Waals surface area contributed by atoms with Crippen LogP contribution in [0.3, 0.4) is 0 Å². The second-order valence-corrected chi connectivity index (χ2v) is 5.72. The molecule has 0 aliphatic rings. The maximum atomic E-state index is 13.3. The van der Waals surface area contributed by atoms with E-state index >= 15 is 0 Å². The van der Waals surface area contributed by atoms with Gasteiger partial charge in [0.1, 0.15) is 11.3 Å². The van der Waals surface area contributed by atoms with E-state index in [1.165, 1.54) is 29.0 Å². The fourth-order valence-electron chi connectivity index (χ4n) is 2.31. The molecule has 3 aromatic rings. The molecule has 0 unspecified atom stereocenters.